The van der Waals surface area contributed by atoms with Gasteiger partial charge in [0.05, 0.1) is 26.5 Å². The van der Waals surface area contributed by atoms with Gasteiger partial charge >= 0.3 is 0 Å². The number of ether oxygens (including phenoxy) is 2. The van der Waals surface area contributed by atoms with Crippen molar-refractivity contribution < 1.29 is 14.3 Å². The van der Waals surface area contributed by atoms with Gasteiger partial charge in [0.2, 0.25) is 5.91 Å². The van der Waals surface area contributed by atoms with Crippen LogP contribution in [0.5, 0.6) is 11.5 Å². The van der Waals surface area contributed by atoms with Gasteiger partial charge in [-0.3, -0.25) is 4.79 Å². The molecule has 1 aromatic rings. The van der Waals surface area contributed by atoms with E-state index in [4.69, 9.17) is 15.2 Å². The second-order valence-electron chi connectivity index (χ2n) is 3.63. The molecule has 0 spiro atoms. The molecule has 1 aliphatic rings. The van der Waals surface area contributed by atoms with E-state index in [0.717, 1.165) is 5.69 Å². The molecule has 1 aliphatic heterocycles. The summed E-state index contributed by atoms with van der Waals surface area (Å²) in [5.74, 6) is 1.24. The smallest absolute Gasteiger partial charge is 0.245 e. The van der Waals surface area contributed by atoms with E-state index in [-0.39, 0.29) is 11.9 Å². The van der Waals surface area contributed by atoms with Crippen LogP contribution in [-0.2, 0) is 4.79 Å². The minimum absolute atomic E-state index is 0.0738. The maximum atomic E-state index is 11.5. The summed E-state index contributed by atoms with van der Waals surface area (Å²) in [5, 5.41) is 0. The van der Waals surface area contributed by atoms with Crippen LogP contribution in [0.2, 0.25) is 0 Å². The normalized spacial score (nSPS) is 19.3. The second-order valence-corrected chi connectivity index (χ2v) is 3.63. The van der Waals surface area contributed by atoms with E-state index in [9.17, 15) is 4.79 Å². The zero-order chi connectivity index (χ0) is 11.7. The zero-order valence-electron chi connectivity index (χ0n) is 9.27. The first kappa shape index (κ1) is 10.8. The van der Waals surface area contributed by atoms with Crippen molar-refractivity contribution >= 4 is 11.6 Å². The maximum Gasteiger partial charge on any atom is 0.245 e. The standard InChI is InChI=1S/C11H14N2O3/c1-15-8-3-7(4-9(5-8)16-2)13-6-10(12)11(13)14/h3-5,10H,6,12H2,1-2H3. The number of benzene rings is 1. The van der Waals surface area contributed by atoms with Crippen molar-refractivity contribution in [1.82, 2.24) is 0 Å². The van der Waals surface area contributed by atoms with Crippen LogP contribution in [-0.4, -0.2) is 32.7 Å². The van der Waals surface area contributed by atoms with Gasteiger partial charge in [0.1, 0.15) is 17.5 Å². The summed E-state index contributed by atoms with van der Waals surface area (Å²) in [6.07, 6.45) is 0. The first-order valence-electron chi connectivity index (χ1n) is 4.95. The van der Waals surface area contributed by atoms with Crippen LogP contribution < -0.4 is 20.1 Å². The van der Waals surface area contributed by atoms with E-state index in [1.54, 1.807) is 37.3 Å². The lowest BCUT2D eigenvalue weighted by molar-refractivity contribution is -0.123. The van der Waals surface area contributed by atoms with E-state index in [2.05, 4.69) is 0 Å². The molecule has 1 fully saturated rings. The van der Waals surface area contributed by atoms with Crippen LogP contribution in [0.15, 0.2) is 18.2 Å². The molecule has 1 atom stereocenters. The average Bonchev–Trinajstić information content (AvgIpc) is 2.34. The molecular weight excluding hydrogens is 208 g/mol. The first-order chi connectivity index (χ1) is 7.65. The topological polar surface area (TPSA) is 64.8 Å². The van der Waals surface area contributed by atoms with Crippen LogP contribution >= 0.6 is 0 Å². The van der Waals surface area contributed by atoms with Crippen molar-refractivity contribution in [3.63, 3.8) is 0 Å². The lowest BCUT2D eigenvalue weighted by atomic mass is 10.1. The Balaban J connectivity index is 2.30. The average molecular weight is 222 g/mol. The van der Waals surface area contributed by atoms with Gasteiger partial charge in [-0.25, -0.2) is 0 Å². The lowest BCUT2D eigenvalue weighted by Crippen LogP contribution is -2.61. The highest BCUT2D eigenvalue weighted by Crippen LogP contribution is 2.30. The number of nitrogens with zero attached hydrogens (tertiary/aromatic N) is 1. The van der Waals surface area contributed by atoms with E-state index >= 15 is 0 Å². The Bertz CT molecular complexity index is 397. The molecule has 1 aromatic carbocycles. The van der Waals surface area contributed by atoms with Crippen molar-refractivity contribution in [3.05, 3.63) is 18.2 Å². The Hall–Kier alpha value is -1.75. The van der Waals surface area contributed by atoms with Gasteiger partial charge in [0, 0.05) is 18.2 Å². The Morgan fingerprint density at radius 1 is 1.25 bits per heavy atom. The quantitative estimate of drug-likeness (QED) is 0.751. The predicted molar refractivity (Wildman–Crippen MR) is 59.9 cm³/mol. The molecule has 1 unspecified atom stereocenters. The predicted octanol–water partition coefficient (Wildman–Crippen LogP) is 0.378. The van der Waals surface area contributed by atoms with Crippen molar-refractivity contribution in [2.45, 2.75) is 6.04 Å². The van der Waals surface area contributed by atoms with Gasteiger partial charge in [-0.2, -0.15) is 0 Å². The number of hydrogen-bond acceptors (Lipinski definition) is 4. The highest BCUT2D eigenvalue weighted by molar-refractivity contribution is 6.04. The van der Waals surface area contributed by atoms with E-state index in [1.807, 2.05) is 0 Å². The summed E-state index contributed by atoms with van der Waals surface area (Å²) in [6.45, 7) is 0.537. The summed E-state index contributed by atoms with van der Waals surface area (Å²) in [4.78, 5) is 13.1. The molecule has 86 valence electrons. The number of anilines is 1. The molecule has 1 amide bonds. The summed E-state index contributed by atoms with van der Waals surface area (Å²) >= 11 is 0. The van der Waals surface area contributed by atoms with Crippen LogP contribution in [0, 0.1) is 0 Å². The monoisotopic (exact) mass is 222 g/mol. The molecule has 5 nitrogen and oxygen atoms in total. The van der Waals surface area contributed by atoms with Gasteiger partial charge < -0.3 is 20.1 Å². The number of β-lactam (4-membered cyclic amide) rings is 1. The number of hydrogen-bond donors (Lipinski definition) is 1. The number of methoxy groups -OCH3 is 2. The fourth-order valence-corrected chi connectivity index (χ4v) is 1.63. The molecular formula is C11H14N2O3. The number of rotatable bonds is 3. The zero-order valence-corrected chi connectivity index (χ0v) is 9.27. The van der Waals surface area contributed by atoms with Crippen molar-refractivity contribution in [2.75, 3.05) is 25.7 Å². The third-order valence-corrected chi connectivity index (χ3v) is 2.61. The Kier molecular flexibility index (Phi) is 2.70. The Morgan fingerprint density at radius 3 is 2.19 bits per heavy atom. The van der Waals surface area contributed by atoms with E-state index in [1.165, 1.54) is 0 Å². The minimum Gasteiger partial charge on any atom is -0.497 e. The fraction of sp³-hybridized carbons (Fsp3) is 0.364. The molecule has 2 rings (SSSR count). The molecule has 16 heavy (non-hydrogen) atoms. The van der Waals surface area contributed by atoms with Crippen molar-refractivity contribution in [2.24, 2.45) is 5.73 Å². The van der Waals surface area contributed by atoms with Gasteiger partial charge in [-0.05, 0) is 0 Å². The minimum atomic E-state index is -0.378. The summed E-state index contributed by atoms with van der Waals surface area (Å²) in [5.41, 5.74) is 6.29. The molecule has 0 aromatic heterocycles. The highest BCUT2D eigenvalue weighted by Gasteiger charge is 2.34. The van der Waals surface area contributed by atoms with Gasteiger partial charge in [0.25, 0.3) is 0 Å². The van der Waals surface area contributed by atoms with Crippen molar-refractivity contribution in [3.8, 4) is 11.5 Å². The second kappa shape index (κ2) is 4.02. The van der Waals surface area contributed by atoms with Crippen LogP contribution in [0.25, 0.3) is 0 Å². The SMILES string of the molecule is COc1cc(OC)cc(N2CC(N)C2=O)c1. The largest absolute Gasteiger partial charge is 0.497 e. The third kappa shape index (κ3) is 1.69. The van der Waals surface area contributed by atoms with E-state index < -0.39 is 0 Å². The number of carbonyl (C=O) groups excluding carboxylic acids is 1. The summed E-state index contributed by atoms with van der Waals surface area (Å²) < 4.78 is 10.3. The van der Waals surface area contributed by atoms with Gasteiger partial charge in [-0.15, -0.1) is 0 Å². The van der Waals surface area contributed by atoms with Crippen LogP contribution in [0.1, 0.15) is 0 Å². The fourth-order valence-electron chi connectivity index (χ4n) is 1.63. The first-order valence-corrected chi connectivity index (χ1v) is 4.95. The number of nitrogens with two attached hydrogens (primary N) is 1. The van der Waals surface area contributed by atoms with E-state index in [0.29, 0.717) is 18.0 Å². The molecule has 5 heteroatoms. The summed E-state index contributed by atoms with van der Waals surface area (Å²) in [6, 6.07) is 4.95. The lowest BCUT2D eigenvalue weighted by Gasteiger charge is -2.36. The molecule has 1 heterocycles. The molecule has 0 radical (unpaired) electrons. The molecule has 0 bridgehead atoms. The van der Waals surface area contributed by atoms with Crippen LogP contribution in [0.4, 0.5) is 5.69 Å². The molecule has 1 saturated heterocycles. The third-order valence-electron chi connectivity index (χ3n) is 2.61. The molecule has 0 saturated carbocycles. The summed E-state index contributed by atoms with van der Waals surface area (Å²) in [7, 11) is 3.14. The number of carbonyl (C=O) groups is 1. The Labute approximate surface area is 93.7 Å². The highest BCUT2D eigenvalue weighted by atomic mass is 16.5. The Morgan fingerprint density at radius 2 is 1.81 bits per heavy atom. The van der Waals surface area contributed by atoms with Gasteiger partial charge in [0.15, 0.2) is 0 Å². The molecule has 2 N–H and O–H groups in total. The molecule has 0 aliphatic carbocycles. The number of amides is 1. The van der Waals surface area contributed by atoms with Crippen LogP contribution in [0.3, 0.4) is 0 Å². The maximum absolute atomic E-state index is 11.5. The van der Waals surface area contributed by atoms with Crippen molar-refractivity contribution in [1.29, 1.82) is 0 Å². The van der Waals surface area contributed by atoms with Gasteiger partial charge in [-0.1, -0.05) is 0 Å².